The van der Waals surface area contributed by atoms with Gasteiger partial charge in [-0.2, -0.15) is 4.91 Å². The monoisotopic (exact) mass is 207 g/mol. The summed E-state index contributed by atoms with van der Waals surface area (Å²) in [5, 5.41) is 30.2. The first kappa shape index (κ1) is 11.5. The quantitative estimate of drug-likeness (QED) is 0.471. The number of aliphatic hydroxyl groups excluding tert-OH is 3. The summed E-state index contributed by atoms with van der Waals surface area (Å²) in [4.78, 5) is 10.3. The molecule has 5 unspecified atom stereocenters. The van der Waals surface area contributed by atoms with Crippen molar-refractivity contribution in [3.63, 3.8) is 0 Å². The van der Waals surface area contributed by atoms with Crippen molar-refractivity contribution in [3.05, 3.63) is 4.91 Å². The number of aliphatic hydroxyl groups is 3. The molecule has 1 aliphatic heterocycles. The molecule has 0 radical (unpaired) electrons. The van der Waals surface area contributed by atoms with E-state index in [0.29, 0.717) is 0 Å². The maximum absolute atomic E-state index is 10.3. The number of methoxy groups -OCH3 is 1. The summed E-state index contributed by atoms with van der Waals surface area (Å²) in [5.41, 5.74) is 0. The maximum atomic E-state index is 10.3. The number of hydrogen-bond donors (Lipinski definition) is 3. The van der Waals surface area contributed by atoms with Crippen molar-refractivity contribution in [3.8, 4) is 0 Å². The molecular weight excluding hydrogens is 194 g/mol. The zero-order chi connectivity index (χ0) is 10.7. The van der Waals surface area contributed by atoms with Crippen LogP contribution in [0.15, 0.2) is 5.18 Å². The van der Waals surface area contributed by atoms with Gasteiger partial charge in [-0.3, -0.25) is 0 Å². The Hall–Kier alpha value is -0.600. The minimum Gasteiger partial charge on any atom is -0.394 e. The Bertz CT molecular complexity index is 199. The Morgan fingerprint density at radius 2 is 2.07 bits per heavy atom. The van der Waals surface area contributed by atoms with Crippen molar-refractivity contribution in [2.24, 2.45) is 5.18 Å². The van der Waals surface area contributed by atoms with Crippen molar-refractivity contribution < 1.29 is 24.8 Å². The minimum absolute atomic E-state index is 0.472. The van der Waals surface area contributed by atoms with Gasteiger partial charge < -0.3 is 24.8 Å². The third-order valence-electron chi connectivity index (χ3n) is 2.20. The fraction of sp³-hybridized carbons (Fsp3) is 1.00. The van der Waals surface area contributed by atoms with Crippen LogP contribution in [-0.4, -0.2) is 59.7 Å². The average molecular weight is 207 g/mol. The summed E-state index contributed by atoms with van der Waals surface area (Å²) in [7, 11) is 1.28. The van der Waals surface area contributed by atoms with Crippen LogP contribution in [0.4, 0.5) is 0 Å². The molecule has 0 saturated carbocycles. The first-order chi connectivity index (χ1) is 6.65. The third kappa shape index (κ3) is 1.91. The molecule has 1 heterocycles. The van der Waals surface area contributed by atoms with Gasteiger partial charge in [0.1, 0.15) is 24.4 Å². The Labute approximate surface area is 80.2 Å². The van der Waals surface area contributed by atoms with Crippen molar-refractivity contribution in [2.75, 3.05) is 13.7 Å². The Morgan fingerprint density at radius 3 is 2.50 bits per heavy atom. The molecule has 0 spiro atoms. The van der Waals surface area contributed by atoms with Gasteiger partial charge >= 0.3 is 0 Å². The fourth-order valence-corrected chi connectivity index (χ4v) is 1.39. The van der Waals surface area contributed by atoms with E-state index >= 15 is 0 Å². The van der Waals surface area contributed by atoms with Crippen molar-refractivity contribution in [2.45, 2.75) is 30.6 Å². The highest BCUT2D eigenvalue weighted by molar-refractivity contribution is 4.93. The minimum atomic E-state index is -1.39. The molecule has 0 aromatic rings. The molecule has 1 rings (SSSR count). The SMILES string of the molecule is COC1OC(CO)C(N=O)C(O)C1O. The number of hydrogen-bond acceptors (Lipinski definition) is 7. The molecule has 14 heavy (non-hydrogen) atoms. The summed E-state index contributed by atoms with van der Waals surface area (Å²) < 4.78 is 9.71. The molecule has 5 atom stereocenters. The van der Waals surface area contributed by atoms with Gasteiger partial charge in [-0.15, -0.1) is 0 Å². The van der Waals surface area contributed by atoms with Crippen molar-refractivity contribution >= 4 is 0 Å². The van der Waals surface area contributed by atoms with Crippen LogP contribution in [0, 0.1) is 4.91 Å². The highest BCUT2D eigenvalue weighted by Crippen LogP contribution is 2.23. The van der Waals surface area contributed by atoms with E-state index in [0.717, 1.165) is 0 Å². The van der Waals surface area contributed by atoms with Crippen LogP contribution in [0.2, 0.25) is 0 Å². The van der Waals surface area contributed by atoms with Gasteiger partial charge in [0.25, 0.3) is 0 Å². The summed E-state index contributed by atoms with van der Waals surface area (Å²) in [5.74, 6) is 0. The maximum Gasteiger partial charge on any atom is 0.186 e. The van der Waals surface area contributed by atoms with Gasteiger partial charge in [-0.25, -0.2) is 0 Å². The third-order valence-corrected chi connectivity index (χ3v) is 2.20. The molecule has 1 saturated heterocycles. The molecule has 1 fully saturated rings. The summed E-state index contributed by atoms with van der Waals surface area (Å²) in [6.07, 6.45) is -4.73. The zero-order valence-corrected chi connectivity index (χ0v) is 7.61. The van der Waals surface area contributed by atoms with Crippen LogP contribution in [0.25, 0.3) is 0 Å². The lowest BCUT2D eigenvalue weighted by molar-refractivity contribution is -0.268. The number of ether oxygens (including phenoxy) is 2. The summed E-state index contributed by atoms with van der Waals surface area (Å²) in [6, 6.07) is -1.18. The van der Waals surface area contributed by atoms with Crippen LogP contribution in [0.1, 0.15) is 0 Å². The van der Waals surface area contributed by atoms with Crippen LogP contribution in [-0.2, 0) is 9.47 Å². The molecular formula is C7H13NO6. The van der Waals surface area contributed by atoms with Gasteiger partial charge in [0.05, 0.1) is 6.61 Å². The number of nitroso groups, excluding NO2 is 1. The molecule has 0 bridgehead atoms. The first-order valence-electron chi connectivity index (χ1n) is 4.13. The molecule has 0 amide bonds. The van der Waals surface area contributed by atoms with E-state index in [-0.39, 0.29) is 0 Å². The van der Waals surface area contributed by atoms with Crippen LogP contribution >= 0.6 is 0 Å². The summed E-state index contributed by atoms with van der Waals surface area (Å²) >= 11 is 0. The zero-order valence-electron chi connectivity index (χ0n) is 7.61. The van der Waals surface area contributed by atoms with Crippen LogP contribution in [0.5, 0.6) is 0 Å². The van der Waals surface area contributed by atoms with Gasteiger partial charge in [0.15, 0.2) is 6.29 Å². The van der Waals surface area contributed by atoms with E-state index in [4.69, 9.17) is 14.6 Å². The van der Waals surface area contributed by atoms with E-state index in [9.17, 15) is 15.1 Å². The second-order valence-electron chi connectivity index (χ2n) is 3.04. The number of rotatable bonds is 3. The second kappa shape index (κ2) is 4.76. The fourth-order valence-electron chi connectivity index (χ4n) is 1.39. The normalized spacial score (nSPS) is 43.6. The van der Waals surface area contributed by atoms with Crippen LogP contribution < -0.4 is 0 Å². The van der Waals surface area contributed by atoms with E-state index < -0.39 is 37.3 Å². The molecule has 3 N–H and O–H groups in total. The molecule has 0 aliphatic carbocycles. The van der Waals surface area contributed by atoms with Gasteiger partial charge in [0.2, 0.25) is 0 Å². The first-order valence-corrected chi connectivity index (χ1v) is 4.13. The van der Waals surface area contributed by atoms with Crippen molar-refractivity contribution in [1.29, 1.82) is 0 Å². The lowest BCUT2D eigenvalue weighted by Gasteiger charge is -2.38. The second-order valence-corrected chi connectivity index (χ2v) is 3.04. The highest BCUT2D eigenvalue weighted by atomic mass is 16.7. The topological polar surface area (TPSA) is 109 Å². The highest BCUT2D eigenvalue weighted by Gasteiger charge is 2.45. The molecule has 82 valence electrons. The summed E-state index contributed by atoms with van der Waals surface area (Å²) in [6.45, 7) is -0.472. The van der Waals surface area contributed by atoms with E-state index in [1.807, 2.05) is 0 Å². The molecule has 1 aliphatic rings. The molecule has 7 nitrogen and oxygen atoms in total. The van der Waals surface area contributed by atoms with E-state index in [2.05, 4.69) is 5.18 Å². The Balaban J connectivity index is 2.76. The van der Waals surface area contributed by atoms with Gasteiger partial charge in [0, 0.05) is 7.11 Å². The predicted molar refractivity (Wildman–Crippen MR) is 44.4 cm³/mol. The Morgan fingerprint density at radius 1 is 1.43 bits per heavy atom. The van der Waals surface area contributed by atoms with E-state index in [1.54, 1.807) is 0 Å². The smallest absolute Gasteiger partial charge is 0.186 e. The average Bonchev–Trinajstić information content (AvgIpc) is 2.21. The van der Waals surface area contributed by atoms with E-state index in [1.165, 1.54) is 7.11 Å². The molecule has 0 aromatic heterocycles. The van der Waals surface area contributed by atoms with Crippen molar-refractivity contribution in [1.82, 2.24) is 0 Å². The lowest BCUT2D eigenvalue weighted by atomic mass is 9.97. The van der Waals surface area contributed by atoms with Gasteiger partial charge in [-0.05, 0) is 0 Å². The van der Waals surface area contributed by atoms with Crippen LogP contribution in [0.3, 0.4) is 0 Å². The Kier molecular flexibility index (Phi) is 3.90. The molecule has 0 aromatic carbocycles. The van der Waals surface area contributed by atoms with Gasteiger partial charge in [-0.1, -0.05) is 5.18 Å². The number of nitrogens with zero attached hydrogens (tertiary/aromatic N) is 1. The molecule has 7 heteroatoms. The standard InChI is InChI=1S/C7H13NO6/c1-13-7-6(11)5(10)4(8-12)3(2-9)14-7/h3-7,9-11H,2H2,1H3. The predicted octanol–water partition coefficient (Wildman–Crippen LogP) is -1.79. The largest absolute Gasteiger partial charge is 0.394 e. The lowest BCUT2D eigenvalue weighted by Crippen LogP contribution is -2.58.